The molecule has 0 bridgehead atoms. The molecule has 0 radical (unpaired) electrons. The van der Waals surface area contributed by atoms with E-state index in [1.165, 1.54) is 32.9 Å². The predicted molar refractivity (Wildman–Crippen MR) is 178 cm³/mol. The van der Waals surface area contributed by atoms with Crippen molar-refractivity contribution < 1.29 is 70.0 Å². The molecule has 1 heterocycles. The van der Waals surface area contributed by atoms with Gasteiger partial charge in [0.2, 0.25) is 0 Å². The van der Waals surface area contributed by atoms with Crippen LogP contribution in [0.25, 0.3) is 22.1 Å². The molecular formula is C35H41F11O6S. The Bertz CT molecular complexity index is 1690. The lowest BCUT2D eigenvalue weighted by Gasteiger charge is -2.40. The SMILES string of the molecule is CCCCCc1ccc(-c2cc3ccc(OCCC(F)(F)C(F)(F)C(F)(F)C(F)(F)CCS(OCC)(OCC)OCC)cc3oc2=O)c(C(F)(F)F)c1. The van der Waals surface area contributed by atoms with Gasteiger partial charge < -0.3 is 9.15 Å². The third kappa shape index (κ3) is 10.2. The summed E-state index contributed by atoms with van der Waals surface area (Å²) in [6.07, 6.45) is -6.27. The molecule has 0 saturated carbocycles. The standard InChI is InChI=1S/C35H41F11O6S/c1-5-9-10-11-23-12-15-26(28(20-23)33(40,41)42)27-21-24-13-14-25(22-29(24)52-30(27)47)48-18-16-31(36,37)34(43,44)35(45,46)32(38,39)17-19-53(49-6-2,50-7-3)51-8-4/h12-15,20-22H,5-11,16-19H2,1-4H3. The molecule has 1 aromatic heterocycles. The van der Waals surface area contributed by atoms with Crippen LogP contribution >= 0.6 is 10.9 Å². The largest absolute Gasteiger partial charge is 0.493 e. The third-order valence-electron chi connectivity index (χ3n) is 8.01. The van der Waals surface area contributed by atoms with E-state index in [1.807, 2.05) is 6.92 Å². The molecule has 0 aliphatic heterocycles. The Balaban J connectivity index is 1.78. The van der Waals surface area contributed by atoms with Crippen molar-refractivity contribution >= 4 is 21.8 Å². The van der Waals surface area contributed by atoms with Crippen molar-refractivity contribution in [1.82, 2.24) is 0 Å². The van der Waals surface area contributed by atoms with Gasteiger partial charge in [-0.3, -0.25) is 12.5 Å². The first-order valence-electron chi connectivity index (χ1n) is 16.8. The minimum Gasteiger partial charge on any atom is -0.493 e. The Labute approximate surface area is 300 Å². The number of benzene rings is 2. The summed E-state index contributed by atoms with van der Waals surface area (Å²) in [5.41, 5.74) is -3.01. The summed E-state index contributed by atoms with van der Waals surface area (Å²) < 4.78 is 185. The van der Waals surface area contributed by atoms with Gasteiger partial charge in [0, 0.05) is 23.4 Å². The van der Waals surface area contributed by atoms with Crippen LogP contribution in [-0.2, 0) is 25.1 Å². The molecule has 0 aliphatic rings. The van der Waals surface area contributed by atoms with Crippen LogP contribution in [-0.4, -0.2) is 55.9 Å². The van der Waals surface area contributed by atoms with Crippen LogP contribution in [0.4, 0.5) is 48.3 Å². The second-order valence-electron chi connectivity index (χ2n) is 11.9. The molecule has 3 aromatic rings. The summed E-state index contributed by atoms with van der Waals surface area (Å²) in [6, 6.07) is 7.86. The fourth-order valence-corrected chi connectivity index (χ4v) is 7.45. The number of alkyl halides is 11. The van der Waals surface area contributed by atoms with E-state index < -0.39 is 88.3 Å². The first-order valence-corrected chi connectivity index (χ1v) is 18.4. The highest BCUT2D eigenvalue weighted by molar-refractivity contribution is 8.21. The quantitative estimate of drug-likeness (QED) is 0.0607. The van der Waals surface area contributed by atoms with Crippen LogP contribution in [0.3, 0.4) is 0 Å². The topological polar surface area (TPSA) is 67.1 Å². The lowest BCUT2D eigenvalue weighted by molar-refractivity contribution is -0.367. The summed E-state index contributed by atoms with van der Waals surface area (Å²) in [5, 5.41) is 0.0645. The van der Waals surface area contributed by atoms with Crippen molar-refractivity contribution in [2.24, 2.45) is 0 Å². The number of fused-ring (bicyclic) bond motifs is 1. The summed E-state index contributed by atoms with van der Waals surface area (Å²) in [7, 11) is -3.35. The van der Waals surface area contributed by atoms with Crippen molar-refractivity contribution in [3.63, 3.8) is 0 Å². The number of aryl methyl sites for hydroxylation is 1. The van der Waals surface area contributed by atoms with Crippen LogP contribution < -0.4 is 10.4 Å². The van der Waals surface area contributed by atoms with Gasteiger partial charge in [-0.1, -0.05) is 31.9 Å². The van der Waals surface area contributed by atoms with Gasteiger partial charge in [0.15, 0.2) is 0 Å². The van der Waals surface area contributed by atoms with E-state index in [9.17, 15) is 53.1 Å². The van der Waals surface area contributed by atoms with Crippen LogP contribution in [0, 0.1) is 0 Å². The zero-order valence-electron chi connectivity index (χ0n) is 29.3. The second kappa shape index (κ2) is 17.6. The molecule has 0 fully saturated rings. The van der Waals surface area contributed by atoms with Crippen molar-refractivity contribution in [1.29, 1.82) is 0 Å². The van der Waals surface area contributed by atoms with Gasteiger partial charge in [-0.05, 0) is 63.4 Å². The molecule has 0 amide bonds. The number of hydrogen-bond donors (Lipinski definition) is 0. The van der Waals surface area contributed by atoms with Gasteiger partial charge >= 0.3 is 35.5 Å². The first-order chi connectivity index (χ1) is 24.6. The van der Waals surface area contributed by atoms with Crippen molar-refractivity contribution in [3.05, 3.63) is 64.0 Å². The summed E-state index contributed by atoms with van der Waals surface area (Å²) in [5.74, 6) is -26.0. The monoisotopic (exact) mass is 798 g/mol. The van der Waals surface area contributed by atoms with E-state index >= 15 is 0 Å². The molecule has 3 rings (SSSR count). The summed E-state index contributed by atoms with van der Waals surface area (Å²) >= 11 is 0. The van der Waals surface area contributed by atoms with E-state index in [2.05, 4.69) is 0 Å². The maximum atomic E-state index is 14.7. The molecular weight excluding hydrogens is 757 g/mol. The van der Waals surface area contributed by atoms with Crippen LogP contribution in [0.1, 0.15) is 70.9 Å². The smallest absolute Gasteiger partial charge is 0.417 e. The first kappa shape index (κ1) is 44.3. The number of halogens is 11. The number of rotatable bonds is 21. The summed E-state index contributed by atoms with van der Waals surface area (Å²) in [4.78, 5) is 12.8. The van der Waals surface area contributed by atoms with Gasteiger partial charge in [-0.2, -0.15) is 48.3 Å². The minimum atomic E-state index is -6.57. The van der Waals surface area contributed by atoms with Gasteiger partial charge in [-0.25, -0.2) is 4.79 Å². The van der Waals surface area contributed by atoms with Crippen molar-refractivity contribution in [3.8, 4) is 16.9 Å². The molecule has 0 saturated heterocycles. The van der Waals surface area contributed by atoms with Gasteiger partial charge in [-0.15, -0.1) is 0 Å². The summed E-state index contributed by atoms with van der Waals surface area (Å²) in [6.45, 7) is 4.28. The van der Waals surface area contributed by atoms with E-state index in [0.717, 1.165) is 43.2 Å². The van der Waals surface area contributed by atoms with Gasteiger partial charge in [0.1, 0.15) is 11.3 Å². The highest BCUT2D eigenvalue weighted by Crippen LogP contribution is 2.58. The number of unbranched alkanes of at least 4 members (excludes halogenated alkanes) is 2. The Hall–Kier alpha value is -3.09. The second-order valence-corrected chi connectivity index (χ2v) is 14.1. The lowest BCUT2D eigenvalue weighted by atomic mass is 9.95. The molecule has 0 spiro atoms. The molecule has 0 N–H and O–H groups in total. The lowest BCUT2D eigenvalue weighted by Crippen LogP contribution is -2.62. The van der Waals surface area contributed by atoms with E-state index in [1.54, 1.807) is 0 Å². The van der Waals surface area contributed by atoms with Crippen LogP contribution in [0.5, 0.6) is 5.75 Å². The molecule has 0 atom stereocenters. The zero-order valence-corrected chi connectivity index (χ0v) is 30.2. The Kier molecular flexibility index (Phi) is 14.7. The van der Waals surface area contributed by atoms with E-state index in [0.29, 0.717) is 18.4 Å². The molecule has 300 valence electrons. The Morgan fingerprint density at radius 3 is 1.81 bits per heavy atom. The molecule has 2 aromatic carbocycles. The van der Waals surface area contributed by atoms with Crippen molar-refractivity contribution in [2.45, 2.75) is 96.1 Å². The molecule has 0 aliphatic carbocycles. The number of ether oxygens (including phenoxy) is 1. The van der Waals surface area contributed by atoms with E-state index in [-0.39, 0.29) is 36.5 Å². The maximum absolute atomic E-state index is 14.7. The van der Waals surface area contributed by atoms with Crippen LogP contribution in [0.15, 0.2) is 51.7 Å². The zero-order chi connectivity index (χ0) is 39.9. The average molecular weight is 799 g/mol. The number of hydrogen-bond acceptors (Lipinski definition) is 6. The van der Waals surface area contributed by atoms with E-state index in [4.69, 9.17) is 21.7 Å². The normalized spacial score (nSPS) is 13.9. The maximum Gasteiger partial charge on any atom is 0.417 e. The molecule has 6 nitrogen and oxygen atoms in total. The van der Waals surface area contributed by atoms with Crippen LogP contribution in [0.2, 0.25) is 0 Å². The highest BCUT2D eigenvalue weighted by atomic mass is 32.3. The van der Waals surface area contributed by atoms with Crippen molar-refractivity contribution in [2.75, 3.05) is 32.2 Å². The Morgan fingerprint density at radius 1 is 0.679 bits per heavy atom. The van der Waals surface area contributed by atoms with Gasteiger partial charge in [0.25, 0.3) is 0 Å². The molecule has 0 unspecified atom stereocenters. The average Bonchev–Trinajstić information content (AvgIpc) is 3.07. The fourth-order valence-electron chi connectivity index (χ4n) is 5.31. The molecule has 18 heteroatoms. The molecule has 53 heavy (non-hydrogen) atoms. The predicted octanol–water partition coefficient (Wildman–Crippen LogP) is 11.6. The Morgan fingerprint density at radius 2 is 1.26 bits per heavy atom. The highest BCUT2D eigenvalue weighted by Gasteiger charge is 2.79. The third-order valence-corrected chi connectivity index (χ3v) is 10.5. The van der Waals surface area contributed by atoms with Gasteiger partial charge in [0.05, 0.1) is 60.6 Å². The minimum absolute atomic E-state index is 0.0645. The fraction of sp³-hybridized carbons (Fsp3) is 0.571.